The Kier molecular flexibility index (Phi) is 4.09. The lowest BCUT2D eigenvalue weighted by atomic mass is 9.60. The third-order valence-corrected chi connectivity index (χ3v) is 6.26. The van der Waals surface area contributed by atoms with Gasteiger partial charge in [0, 0.05) is 24.7 Å². The molecule has 2 fully saturated rings. The van der Waals surface area contributed by atoms with E-state index in [1.54, 1.807) is 6.07 Å². The monoisotopic (exact) mass is 332 g/mol. The average Bonchev–Trinajstić information content (AvgIpc) is 2.59. The van der Waals surface area contributed by atoms with Gasteiger partial charge in [-0.1, -0.05) is 0 Å². The van der Waals surface area contributed by atoms with Crippen LogP contribution in [0, 0.1) is 11.2 Å². The summed E-state index contributed by atoms with van der Waals surface area (Å²) in [6, 6.07) is 3.72. The first-order valence-electron chi connectivity index (χ1n) is 8.95. The highest BCUT2D eigenvalue weighted by Gasteiger charge is 2.47. The molecular formula is C19H25FN2O2. The van der Waals surface area contributed by atoms with Gasteiger partial charge in [-0.3, -0.25) is 4.90 Å². The minimum Gasteiger partial charge on any atom is -0.465 e. The number of nitrogens with one attached hydrogen (secondary N) is 1. The number of rotatable bonds is 2. The molecule has 5 heteroatoms. The van der Waals surface area contributed by atoms with Crippen LogP contribution in [0.15, 0.2) is 12.1 Å². The van der Waals surface area contributed by atoms with Gasteiger partial charge in [0.1, 0.15) is 5.82 Å². The van der Waals surface area contributed by atoms with E-state index in [9.17, 15) is 9.18 Å². The molecule has 4 nitrogen and oxygen atoms in total. The van der Waals surface area contributed by atoms with E-state index >= 15 is 0 Å². The van der Waals surface area contributed by atoms with Gasteiger partial charge in [0.15, 0.2) is 0 Å². The summed E-state index contributed by atoms with van der Waals surface area (Å²) < 4.78 is 19.2. The second-order valence-corrected chi connectivity index (χ2v) is 7.62. The van der Waals surface area contributed by atoms with E-state index in [0.717, 1.165) is 37.2 Å². The van der Waals surface area contributed by atoms with Gasteiger partial charge in [0.05, 0.1) is 12.7 Å². The molecule has 2 aliphatic heterocycles. The van der Waals surface area contributed by atoms with Crippen molar-refractivity contribution in [3.8, 4) is 0 Å². The Balaban J connectivity index is 1.46. The van der Waals surface area contributed by atoms with Crippen molar-refractivity contribution >= 4 is 5.97 Å². The number of piperidine rings is 1. The van der Waals surface area contributed by atoms with E-state index in [2.05, 4.69) is 10.2 Å². The summed E-state index contributed by atoms with van der Waals surface area (Å²) >= 11 is 0. The first-order valence-corrected chi connectivity index (χ1v) is 8.95. The fourth-order valence-electron chi connectivity index (χ4n) is 4.75. The Morgan fingerprint density at radius 1 is 1.33 bits per heavy atom. The highest BCUT2D eigenvalue weighted by molar-refractivity contribution is 5.89. The standard InChI is InChI=1S/C19H25FN2O2/c1-24-18(23)14-8-13-2-7-22(12-16(13)17(20)9-14)15-10-19(11-15)3-5-21-6-4-19/h8-9,15,21H,2-7,10-12H2,1H3. The van der Waals surface area contributed by atoms with Gasteiger partial charge in [-0.05, 0) is 68.3 Å². The number of carbonyl (C=O) groups excluding carboxylic acids is 1. The van der Waals surface area contributed by atoms with E-state index in [-0.39, 0.29) is 5.82 Å². The molecule has 4 rings (SSSR count). The van der Waals surface area contributed by atoms with Gasteiger partial charge in [-0.15, -0.1) is 0 Å². The van der Waals surface area contributed by atoms with Crippen LogP contribution in [-0.4, -0.2) is 43.7 Å². The fourth-order valence-corrected chi connectivity index (χ4v) is 4.75. The smallest absolute Gasteiger partial charge is 0.337 e. The van der Waals surface area contributed by atoms with E-state index in [1.165, 1.54) is 38.9 Å². The normalized spacial score (nSPS) is 23.6. The summed E-state index contributed by atoms with van der Waals surface area (Å²) in [6.07, 6.45) is 5.88. The molecule has 24 heavy (non-hydrogen) atoms. The number of esters is 1. The first-order chi connectivity index (χ1) is 11.6. The van der Waals surface area contributed by atoms with Gasteiger partial charge >= 0.3 is 5.97 Å². The molecule has 2 heterocycles. The second-order valence-electron chi connectivity index (χ2n) is 7.62. The zero-order chi connectivity index (χ0) is 16.7. The highest BCUT2D eigenvalue weighted by atomic mass is 19.1. The van der Waals surface area contributed by atoms with Crippen molar-refractivity contribution in [1.29, 1.82) is 0 Å². The van der Waals surface area contributed by atoms with Crippen molar-refractivity contribution in [2.24, 2.45) is 5.41 Å². The lowest BCUT2D eigenvalue weighted by Crippen LogP contribution is -2.55. The summed E-state index contributed by atoms with van der Waals surface area (Å²) in [6.45, 7) is 3.90. The molecule has 1 aliphatic carbocycles. The summed E-state index contributed by atoms with van der Waals surface area (Å²) in [5.41, 5.74) is 2.59. The molecule has 3 aliphatic rings. The summed E-state index contributed by atoms with van der Waals surface area (Å²) in [7, 11) is 1.33. The van der Waals surface area contributed by atoms with Crippen LogP contribution >= 0.6 is 0 Å². The van der Waals surface area contributed by atoms with Crippen LogP contribution in [0.5, 0.6) is 0 Å². The Morgan fingerprint density at radius 2 is 2.08 bits per heavy atom. The number of hydrogen-bond acceptors (Lipinski definition) is 4. The van der Waals surface area contributed by atoms with E-state index in [0.29, 0.717) is 23.6 Å². The molecule has 130 valence electrons. The van der Waals surface area contributed by atoms with Crippen LogP contribution in [0.1, 0.15) is 47.2 Å². The number of nitrogens with zero attached hydrogens (tertiary/aromatic N) is 1. The largest absolute Gasteiger partial charge is 0.465 e. The van der Waals surface area contributed by atoms with E-state index < -0.39 is 5.97 Å². The SMILES string of the molecule is COC(=O)c1cc(F)c2c(c1)CCN(C1CC3(CCNCC3)C1)C2. The van der Waals surface area contributed by atoms with Crippen molar-refractivity contribution in [2.75, 3.05) is 26.7 Å². The van der Waals surface area contributed by atoms with Crippen LogP contribution in [0.3, 0.4) is 0 Å². The molecule has 0 atom stereocenters. The number of ether oxygens (including phenoxy) is 1. The van der Waals surface area contributed by atoms with Gasteiger partial charge in [-0.2, -0.15) is 0 Å². The lowest BCUT2D eigenvalue weighted by Gasteiger charge is -2.54. The average molecular weight is 332 g/mol. The number of benzene rings is 1. The molecule has 1 N–H and O–H groups in total. The van der Waals surface area contributed by atoms with Crippen molar-refractivity contribution < 1.29 is 13.9 Å². The van der Waals surface area contributed by atoms with Crippen LogP contribution in [0.25, 0.3) is 0 Å². The number of halogens is 1. The summed E-state index contributed by atoms with van der Waals surface area (Å²) in [4.78, 5) is 14.1. The van der Waals surface area contributed by atoms with Crippen molar-refractivity contribution in [2.45, 2.75) is 44.7 Å². The molecule has 0 amide bonds. The Hall–Kier alpha value is -1.46. The molecule has 0 aromatic heterocycles. The molecule has 1 saturated heterocycles. The van der Waals surface area contributed by atoms with Gasteiger partial charge in [0.25, 0.3) is 0 Å². The predicted molar refractivity (Wildman–Crippen MR) is 89.4 cm³/mol. The lowest BCUT2D eigenvalue weighted by molar-refractivity contribution is -0.0267. The van der Waals surface area contributed by atoms with Gasteiger partial charge in [0.2, 0.25) is 0 Å². The second kappa shape index (κ2) is 6.12. The molecule has 1 spiro atoms. The zero-order valence-corrected chi connectivity index (χ0v) is 14.2. The Labute approximate surface area is 142 Å². The maximum Gasteiger partial charge on any atom is 0.337 e. The minimum atomic E-state index is -0.467. The topological polar surface area (TPSA) is 41.6 Å². The third-order valence-electron chi connectivity index (χ3n) is 6.26. The molecule has 1 aromatic rings. The summed E-state index contributed by atoms with van der Waals surface area (Å²) in [5.74, 6) is -0.737. The van der Waals surface area contributed by atoms with Gasteiger partial charge in [-0.25, -0.2) is 9.18 Å². The van der Waals surface area contributed by atoms with E-state index in [4.69, 9.17) is 4.74 Å². The molecular weight excluding hydrogens is 307 g/mol. The van der Waals surface area contributed by atoms with Crippen LogP contribution in [0.4, 0.5) is 4.39 Å². The number of carbonyl (C=O) groups is 1. The van der Waals surface area contributed by atoms with Crippen molar-refractivity contribution in [3.05, 3.63) is 34.6 Å². The molecule has 0 radical (unpaired) electrons. The van der Waals surface area contributed by atoms with Crippen LogP contribution in [0.2, 0.25) is 0 Å². The van der Waals surface area contributed by atoms with Crippen molar-refractivity contribution in [1.82, 2.24) is 10.2 Å². The Bertz CT molecular complexity index is 647. The number of fused-ring (bicyclic) bond motifs is 1. The Morgan fingerprint density at radius 3 is 2.79 bits per heavy atom. The van der Waals surface area contributed by atoms with E-state index in [1.807, 2.05) is 0 Å². The van der Waals surface area contributed by atoms with Crippen molar-refractivity contribution in [3.63, 3.8) is 0 Å². The van der Waals surface area contributed by atoms with Crippen LogP contribution < -0.4 is 5.32 Å². The minimum absolute atomic E-state index is 0.270. The molecule has 0 unspecified atom stereocenters. The molecule has 1 aromatic carbocycles. The quantitative estimate of drug-likeness (QED) is 0.845. The maximum atomic E-state index is 14.5. The molecule has 0 bridgehead atoms. The van der Waals surface area contributed by atoms with Crippen LogP contribution in [-0.2, 0) is 17.7 Å². The first kappa shape index (κ1) is 16.0. The predicted octanol–water partition coefficient (Wildman–Crippen LogP) is 2.50. The fraction of sp³-hybridized carbons (Fsp3) is 0.632. The maximum absolute atomic E-state index is 14.5. The number of methoxy groups -OCH3 is 1. The summed E-state index contributed by atoms with van der Waals surface area (Å²) in [5, 5.41) is 3.44. The molecule has 1 saturated carbocycles. The van der Waals surface area contributed by atoms with Gasteiger partial charge < -0.3 is 10.1 Å². The third kappa shape index (κ3) is 2.74. The highest BCUT2D eigenvalue weighted by Crippen LogP contribution is 2.50. The number of hydrogen-bond donors (Lipinski definition) is 1. The zero-order valence-electron chi connectivity index (χ0n) is 14.2.